The fourth-order valence-electron chi connectivity index (χ4n) is 1.44. The Balaban J connectivity index is 2.99. The third-order valence-electron chi connectivity index (χ3n) is 2.02. The first kappa shape index (κ1) is 13.7. The zero-order valence-corrected chi connectivity index (χ0v) is 9.69. The number of sulfone groups is 1. The molecular weight excluding hydrogens is 273 g/mol. The number of hydrogen-bond donors (Lipinski definition) is 0. The lowest BCUT2D eigenvalue weighted by atomic mass is 10.1. The van der Waals surface area contributed by atoms with Crippen molar-refractivity contribution < 1.29 is 34.2 Å². The molecule has 0 bridgehead atoms. The van der Waals surface area contributed by atoms with Crippen LogP contribution in [0, 0.1) is 5.92 Å². The lowest BCUT2D eigenvalue weighted by Crippen LogP contribution is -2.35. The monoisotopic (exact) mass is 282 g/mol. The van der Waals surface area contributed by atoms with Crippen LogP contribution in [0.15, 0.2) is 0 Å². The second kappa shape index (κ2) is 3.84. The van der Waals surface area contributed by atoms with Gasteiger partial charge in [-0.2, -0.15) is 21.6 Å². The normalized spacial score (nSPS) is 30.5. The fourth-order valence-corrected chi connectivity index (χ4v) is 4.07. The SMILES string of the molecule is CS(=O)(=O)OC1CS(=O)(=O)CC1C(F)(F)F. The molecule has 0 N–H and O–H groups in total. The van der Waals surface area contributed by atoms with Gasteiger partial charge >= 0.3 is 6.18 Å². The summed E-state index contributed by atoms with van der Waals surface area (Å²) in [4.78, 5) is 0. The molecule has 0 radical (unpaired) electrons. The molecule has 1 rings (SSSR count). The topological polar surface area (TPSA) is 77.5 Å². The van der Waals surface area contributed by atoms with Gasteiger partial charge in [-0.3, -0.25) is 4.18 Å². The van der Waals surface area contributed by atoms with Crippen LogP contribution in [0.5, 0.6) is 0 Å². The van der Waals surface area contributed by atoms with Crippen LogP contribution in [0.3, 0.4) is 0 Å². The van der Waals surface area contributed by atoms with Crippen molar-refractivity contribution in [2.75, 3.05) is 17.8 Å². The molecule has 2 unspecified atom stereocenters. The molecule has 5 nitrogen and oxygen atoms in total. The summed E-state index contributed by atoms with van der Waals surface area (Å²) in [6.45, 7) is 0. The van der Waals surface area contributed by atoms with Gasteiger partial charge in [0.2, 0.25) is 0 Å². The van der Waals surface area contributed by atoms with E-state index in [4.69, 9.17) is 0 Å². The van der Waals surface area contributed by atoms with E-state index in [1.54, 1.807) is 0 Å². The van der Waals surface area contributed by atoms with Crippen molar-refractivity contribution in [1.82, 2.24) is 0 Å². The average Bonchev–Trinajstić information content (AvgIpc) is 2.20. The highest BCUT2D eigenvalue weighted by Crippen LogP contribution is 2.36. The van der Waals surface area contributed by atoms with Gasteiger partial charge in [-0.1, -0.05) is 0 Å². The zero-order valence-electron chi connectivity index (χ0n) is 8.06. The molecule has 0 saturated carbocycles. The van der Waals surface area contributed by atoms with Crippen molar-refractivity contribution >= 4 is 20.0 Å². The maximum atomic E-state index is 12.4. The number of hydrogen-bond acceptors (Lipinski definition) is 5. The first-order chi connectivity index (χ1) is 6.91. The van der Waals surface area contributed by atoms with Crippen LogP contribution >= 0.6 is 0 Å². The molecule has 2 atom stereocenters. The van der Waals surface area contributed by atoms with Crippen LogP contribution in [-0.4, -0.2) is 46.9 Å². The molecule has 0 aromatic heterocycles. The molecule has 1 aliphatic rings. The van der Waals surface area contributed by atoms with Crippen LogP contribution in [0.1, 0.15) is 0 Å². The lowest BCUT2D eigenvalue weighted by molar-refractivity contribution is -0.183. The Morgan fingerprint density at radius 2 is 1.75 bits per heavy atom. The van der Waals surface area contributed by atoms with E-state index in [1.807, 2.05) is 0 Å². The highest BCUT2D eigenvalue weighted by atomic mass is 32.2. The van der Waals surface area contributed by atoms with E-state index >= 15 is 0 Å². The molecule has 1 fully saturated rings. The van der Waals surface area contributed by atoms with Crippen molar-refractivity contribution in [1.29, 1.82) is 0 Å². The van der Waals surface area contributed by atoms with Gasteiger partial charge < -0.3 is 0 Å². The quantitative estimate of drug-likeness (QED) is 0.663. The molecule has 1 heterocycles. The Hall–Kier alpha value is -0.350. The van der Waals surface area contributed by atoms with Crippen molar-refractivity contribution in [3.8, 4) is 0 Å². The van der Waals surface area contributed by atoms with E-state index in [0.29, 0.717) is 6.26 Å². The molecule has 1 aliphatic heterocycles. The van der Waals surface area contributed by atoms with Gasteiger partial charge in [-0.25, -0.2) is 8.42 Å². The molecule has 96 valence electrons. The van der Waals surface area contributed by atoms with Gasteiger partial charge in [0, 0.05) is 0 Å². The summed E-state index contributed by atoms with van der Waals surface area (Å²) in [5.41, 5.74) is 0. The van der Waals surface area contributed by atoms with Crippen LogP contribution in [0.25, 0.3) is 0 Å². The van der Waals surface area contributed by atoms with Crippen molar-refractivity contribution in [3.05, 3.63) is 0 Å². The third kappa shape index (κ3) is 3.59. The Morgan fingerprint density at radius 3 is 2.12 bits per heavy atom. The van der Waals surface area contributed by atoms with Gasteiger partial charge in [-0.05, 0) is 0 Å². The highest BCUT2D eigenvalue weighted by Gasteiger charge is 2.54. The van der Waals surface area contributed by atoms with Gasteiger partial charge in [-0.15, -0.1) is 0 Å². The summed E-state index contributed by atoms with van der Waals surface area (Å²) in [6, 6.07) is 0. The Morgan fingerprint density at radius 1 is 1.25 bits per heavy atom. The molecule has 16 heavy (non-hydrogen) atoms. The van der Waals surface area contributed by atoms with Gasteiger partial charge in [0.15, 0.2) is 9.84 Å². The van der Waals surface area contributed by atoms with E-state index in [2.05, 4.69) is 4.18 Å². The molecule has 0 amide bonds. The highest BCUT2D eigenvalue weighted by molar-refractivity contribution is 7.91. The number of rotatable bonds is 2. The van der Waals surface area contributed by atoms with E-state index in [-0.39, 0.29) is 0 Å². The molecule has 0 aliphatic carbocycles. The summed E-state index contributed by atoms with van der Waals surface area (Å²) in [6.07, 6.45) is -6.09. The summed E-state index contributed by atoms with van der Waals surface area (Å²) < 4.78 is 84.7. The first-order valence-electron chi connectivity index (χ1n) is 4.06. The van der Waals surface area contributed by atoms with Gasteiger partial charge in [0.25, 0.3) is 10.1 Å². The molecule has 0 aromatic rings. The molecule has 0 aromatic carbocycles. The molecule has 1 saturated heterocycles. The predicted octanol–water partition coefficient (Wildman–Crippen LogP) is -0.0619. The van der Waals surface area contributed by atoms with Crippen LogP contribution in [0.2, 0.25) is 0 Å². The summed E-state index contributed by atoms with van der Waals surface area (Å²) in [5, 5.41) is 0. The first-order valence-corrected chi connectivity index (χ1v) is 7.70. The van der Waals surface area contributed by atoms with E-state index in [0.717, 1.165) is 0 Å². The predicted molar refractivity (Wildman–Crippen MR) is 47.9 cm³/mol. The zero-order chi connectivity index (χ0) is 12.8. The minimum Gasteiger partial charge on any atom is -0.265 e. The lowest BCUT2D eigenvalue weighted by Gasteiger charge is -2.19. The standard InChI is InChI=1S/C6H9F3O5S2/c1-15(10,11)14-5-3-16(12,13)2-4(5)6(7,8)9/h4-5H,2-3H2,1H3. The summed E-state index contributed by atoms with van der Waals surface area (Å²) >= 11 is 0. The van der Waals surface area contributed by atoms with Crippen LogP contribution < -0.4 is 0 Å². The average molecular weight is 282 g/mol. The van der Waals surface area contributed by atoms with Gasteiger partial charge in [0.1, 0.15) is 6.10 Å². The Bertz CT molecular complexity index is 463. The minimum atomic E-state index is -4.79. The molecule has 0 spiro atoms. The summed E-state index contributed by atoms with van der Waals surface area (Å²) in [5.74, 6) is -4.34. The van der Waals surface area contributed by atoms with Crippen LogP contribution in [0.4, 0.5) is 13.2 Å². The second-order valence-corrected chi connectivity index (χ2v) is 7.32. The largest absolute Gasteiger partial charge is 0.395 e. The van der Waals surface area contributed by atoms with Crippen LogP contribution in [-0.2, 0) is 24.1 Å². The second-order valence-electron chi connectivity index (χ2n) is 3.56. The van der Waals surface area contributed by atoms with Crippen molar-refractivity contribution in [2.45, 2.75) is 12.3 Å². The van der Waals surface area contributed by atoms with Crippen molar-refractivity contribution in [3.63, 3.8) is 0 Å². The fraction of sp³-hybridized carbons (Fsp3) is 1.00. The summed E-state index contributed by atoms with van der Waals surface area (Å²) in [7, 11) is -8.02. The van der Waals surface area contributed by atoms with E-state index in [9.17, 15) is 30.0 Å². The third-order valence-corrected chi connectivity index (χ3v) is 4.32. The van der Waals surface area contributed by atoms with E-state index in [1.165, 1.54) is 0 Å². The molecule has 10 heteroatoms. The number of halogens is 3. The number of alkyl halides is 3. The Kier molecular flexibility index (Phi) is 3.29. The van der Waals surface area contributed by atoms with E-state index < -0.39 is 49.7 Å². The van der Waals surface area contributed by atoms with Crippen molar-refractivity contribution in [2.24, 2.45) is 5.92 Å². The van der Waals surface area contributed by atoms with Gasteiger partial charge in [0.05, 0.1) is 23.7 Å². The smallest absolute Gasteiger partial charge is 0.265 e. The maximum Gasteiger partial charge on any atom is 0.395 e. The minimum absolute atomic E-state index is 0.575. The maximum absolute atomic E-state index is 12.4. The Labute approximate surface area is 90.6 Å². The molecular formula is C6H9F3O5S2.